The lowest BCUT2D eigenvalue weighted by Gasteiger charge is -2.26. The van der Waals surface area contributed by atoms with Gasteiger partial charge in [0.05, 0.1) is 50.0 Å². The molecule has 0 aliphatic carbocycles. The fraction of sp³-hybridized carbons (Fsp3) is 0.192. The molecule has 0 fully saturated rings. The summed E-state index contributed by atoms with van der Waals surface area (Å²) >= 11 is 0.970. The van der Waals surface area contributed by atoms with Crippen molar-refractivity contribution in [2.75, 3.05) is 28.4 Å². The van der Waals surface area contributed by atoms with Crippen molar-refractivity contribution >= 4 is 40.7 Å². The Hall–Kier alpha value is -4.71. The van der Waals surface area contributed by atoms with Crippen molar-refractivity contribution in [2.45, 2.75) is 5.92 Å². The lowest BCUT2D eigenvalue weighted by Crippen LogP contribution is -2.41. The first-order valence-electron chi connectivity index (χ1n) is 11.0. The number of aromatic hydroxyl groups is 2. The van der Waals surface area contributed by atoms with Crippen molar-refractivity contribution in [3.63, 3.8) is 0 Å². The van der Waals surface area contributed by atoms with Crippen LogP contribution in [0, 0.1) is 0 Å². The van der Waals surface area contributed by atoms with Crippen LogP contribution in [0.1, 0.15) is 17.0 Å². The first-order valence-corrected chi connectivity index (χ1v) is 11.9. The third kappa shape index (κ3) is 4.34. The number of hydrogen-bond acceptors (Lipinski definition) is 11. The third-order valence-electron chi connectivity index (χ3n) is 6.00. The Kier molecular flexibility index (Phi) is 7.17. The normalized spacial score (nSPS) is 15.2. The number of thiazole rings is 1. The van der Waals surface area contributed by atoms with Gasteiger partial charge in [-0.25, -0.2) is 9.59 Å². The standard InChI is InChI=1S/C26H24N2O9S/c1-34-16-9-12(5-7-14(16)29)10-18-23(31)28-22(27)20(25(32)36-3)19(21(24(28)38-18)26(33)37-4)13-6-8-15(30)17(11-13)35-2/h5-11,19,29-30H,27H2,1-4H3/b18-10-/t19-/m0/s1. The number of phenols is 2. The zero-order valence-electron chi connectivity index (χ0n) is 20.8. The predicted molar refractivity (Wildman–Crippen MR) is 138 cm³/mol. The van der Waals surface area contributed by atoms with Gasteiger partial charge in [0, 0.05) is 0 Å². The zero-order chi connectivity index (χ0) is 27.7. The largest absolute Gasteiger partial charge is 0.504 e. The highest BCUT2D eigenvalue weighted by Gasteiger charge is 2.40. The molecule has 1 aliphatic heterocycles. The Labute approximate surface area is 219 Å². The van der Waals surface area contributed by atoms with E-state index in [1.54, 1.807) is 12.1 Å². The number of carbonyl (C=O) groups is 2. The van der Waals surface area contributed by atoms with Crippen LogP contribution in [-0.2, 0) is 19.1 Å². The molecule has 0 saturated carbocycles. The summed E-state index contributed by atoms with van der Waals surface area (Å²) in [6, 6.07) is 8.83. The summed E-state index contributed by atoms with van der Waals surface area (Å²) in [5, 5.41) is 20.0. The van der Waals surface area contributed by atoms with Crippen LogP contribution >= 0.6 is 11.3 Å². The number of ether oxygens (including phenoxy) is 4. The van der Waals surface area contributed by atoms with Crippen LogP contribution in [0.3, 0.4) is 0 Å². The molecule has 12 heteroatoms. The van der Waals surface area contributed by atoms with E-state index in [0.717, 1.165) is 23.0 Å². The second-order valence-corrected chi connectivity index (χ2v) is 9.08. The average Bonchev–Trinajstić information content (AvgIpc) is 3.24. The highest BCUT2D eigenvalue weighted by atomic mass is 32.1. The molecule has 1 aliphatic rings. The molecule has 2 aromatic carbocycles. The summed E-state index contributed by atoms with van der Waals surface area (Å²) in [5.74, 6) is -2.92. The van der Waals surface area contributed by atoms with Crippen molar-refractivity contribution in [1.82, 2.24) is 4.57 Å². The summed E-state index contributed by atoms with van der Waals surface area (Å²) in [6.07, 6.45) is 1.54. The van der Waals surface area contributed by atoms with E-state index in [4.69, 9.17) is 24.7 Å². The van der Waals surface area contributed by atoms with Gasteiger partial charge in [0.15, 0.2) is 23.0 Å². The van der Waals surface area contributed by atoms with Crippen LogP contribution in [0.2, 0.25) is 0 Å². The van der Waals surface area contributed by atoms with Gasteiger partial charge < -0.3 is 34.9 Å². The number of fused-ring (bicyclic) bond motifs is 1. The van der Waals surface area contributed by atoms with Crippen LogP contribution < -0.4 is 30.0 Å². The number of benzene rings is 2. The van der Waals surface area contributed by atoms with Gasteiger partial charge in [0.2, 0.25) is 0 Å². The molecule has 4 N–H and O–H groups in total. The number of hydrogen-bond donors (Lipinski definition) is 3. The number of nitrogens with zero attached hydrogens (tertiary/aromatic N) is 1. The molecule has 1 atom stereocenters. The maximum Gasteiger partial charge on any atom is 0.338 e. The summed E-state index contributed by atoms with van der Waals surface area (Å²) < 4.78 is 21.8. The summed E-state index contributed by atoms with van der Waals surface area (Å²) in [7, 11) is 5.08. The molecular weight excluding hydrogens is 516 g/mol. The number of aromatic nitrogens is 1. The number of phenolic OH excluding ortho intramolecular Hbond substituents is 2. The minimum atomic E-state index is -1.11. The second kappa shape index (κ2) is 10.3. The number of carbonyl (C=O) groups excluding carboxylic acids is 2. The molecule has 1 aromatic heterocycles. The van der Waals surface area contributed by atoms with Gasteiger partial charge >= 0.3 is 11.9 Å². The topological polar surface area (TPSA) is 160 Å². The number of methoxy groups -OCH3 is 4. The molecular formula is C26H24N2O9S. The van der Waals surface area contributed by atoms with Crippen LogP contribution in [-0.4, -0.2) is 55.2 Å². The van der Waals surface area contributed by atoms with E-state index in [-0.39, 0.29) is 49.2 Å². The summed E-state index contributed by atoms with van der Waals surface area (Å²) in [6.45, 7) is 0. The Morgan fingerprint density at radius 2 is 1.50 bits per heavy atom. The molecule has 0 bridgehead atoms. The highest BCUT2D eigenvalue weighted by molar-refractivity contribution is 7.07. The molecule has 2 heterocycles. The monoisotopic (exact) mass is 540 g/mol. The molecule has 11 nitrogen and oxygen atoms in total. The highest BCUT2D eigenvalue weighted by Crippen LogP contribution is 2.40. The second-order valence-electron chi connectivity index (χ2n) is 8.05. The minimum Gasteiger partial charge on any atom is -0.504 e. The maximum atomic E-state index is 13.5. The Bertz CT molecular complexity index is 1670. The van der Waals surface area contributed by atoms with E-state index in [9.17, 15) is 24.6 Å². The summed E-state index contributed by atoms with van der Waals surface area (Å²) in [5.41, 5.74) is 6.53. The van der Waals surface area contributed by atoms with Gasteiger partial charge in [-0.1, -0.05) is 12.1 Å². The smallest absolute Gasteiger partial charge is 0.338 e. The van der Waals surface area contributed by atoms with Crippen LogP contribution in [0.5, 0.6) is 23.0 Å². The molecule has 38 heavy (non-hydrogen) atoms. The van der Waals surface area contributed by atoms with Gasteiger partial charge in [-0.05, 0) is 41.5 Å². The molecule has 198 valence electrons. The van der Waals surface area contributed by atoms with Crippen molar-refractivity contribution in [3.8, 4) is 23.0 Å². The molecule has 0 radical (unpaired) electrons. The third-order valence-corrected chi connectivity index (χ3v) is 7.11. The number of nitrogens with two attached hydrogens (primary N) is 1. The molecule has 4 rings (SSSR count). The Balaban J connectivity index is 2.11. The number of esters is 2. The molecule has 0 amide bonds. The van der Waals surface area contributed by atoms with Gasteiger partial charge in [-0.3, -0.25) is 9.36 Å². The molecule has 3 aromatic rings. The number of rotatable bonds is 6. The molecule has 0 saturated heterocycles. The van der Waals surface area contributed by atoms with Gasteiger partial charge in [-0.2, -0.15) is 0 Å². The fourth-order valence-electron chi connectivity index (χ4n) is 4.21. The fourth-order valence-corrected chi connectivity index (χ4v) is 5.37. The van der Waals surface area contributed by atoms with Crippen LogP contribution in [0.25, 0.3) is 17.5 Å². The lowest BCUT2D eigenvalue weighted by atomic mass is 9.83. The molecule has 0 spiro atoms. The van der Waals surface area contributed by atoms with E-state index in [0.29, 0.717) is 11.1 Å². The van der Waals surface area contributed by atoms with Gasteiger partial charge in [-0.15, -0.1) is 11.3 Å². The quantitative estimate of drug-likeness (QED) is 0.378. The van der Waals surface area contributed by atoms with Crippen molar-refractivity contribution in [2.24, 2.45) is 5.73 Å². The first-order chi connectivity index (χ1) is 18.2. The Morgan fingerprint density at radius 3 is 2.11 bits per heavy atom. The van der Waals surface area contributed by atoms with Crippen molar-refractivity contribution in [3.05, 3.63) is 72.6 Å². The van der Waals surface area contributed by atoms with Crippen molar-refractivity contribution < 1.29 is 38.7 Å². The van der Waals surface area contributed by atoms with Crippen LogP contribution in [0.4, 0.5) is 0 Å². The van der Waals surface area contributed by atoms with E-state index in [1.165, 1.54) is 51.7 Å². The average molecular weight is 541 g/mol. The van der Waals surface area contributed by atoms with E-state index in [2.05, 4.69) is 0 Å². The van der Waals surface area contributed by atoms with Crippen LogP contribution in [0.15, 0.2) is 46.8 Å². The van der Waals surface area contributed by atoms with E-state index >= 15 is 0 Å². The zero-order valence-corrected chi connectivity index (χ0v) is 21.6. The maximum absolute atomic E-state index is 13.5. The van der Waals surface area contributed by atoms with Crippen molar-refractivity contribution in [1.29, 1.82) is 0 Å². The minimum absolute atomic E-state index is 0.0279. The van der Waals surface area contributed by atoms with Gasteiger partial charge in [0.25, 0.3) is 5.56 Å². The molecule has 0 unspecified atom stereocenters. The van der Waals surface area contributed by atoms with E-state index < -0.39 is 23.4 Å². The first kappa shape index (κ1) is 26.4. The SMILES string of the molecule is COC(=O)C1=C(N)n2c(s/c(=C\c3ccc(O)c(OC)c3)c2=O)=C(C(=O)OC)[C@H]1c1ccc(O)c(OC)c1. The lowest BCUT2D eigenvalue weighted by molar-refractivity contribution is -0.136. The van der Waals surface area contributed by atoms with Gasteiger partial charge in [0.1, 0.15) is 10.5 Å². The van der Waals surface area contributed by atoms with E-state index in [1.807, 2.05) is 0 Å². The predicted octanol–water partition coefficient (Wildman–Crippen LogP) is 0.588. The summed E-state index contributed by atoms with van der Waals surface area (Å²) in [4.78, 5) is 39.7. The Morgan fingerprint density at radius 1 is 0.921 bits per heavy atom.